The number of morpholine rings is 1. The topological polar surface area (TPSA) is 84.2 Å². The van der Waals surface area contributed by atoms with Crippen LogP contribution in [-0.2, 0) is 11.3 Å². The summed E-state index contributed by atoms with van der Waals surface area (Å²) in [6, 6.07) is 4.51. The number of aryl methyl sites for hydroxylation is 1. The van der Waals surface area contributed by atoms with Crippen LogP contribution in [0.25, 0.3) is 21.6 Å². The number of hydrogen-bond acceptors (Lipinski definition) is 7. The Morgan fingerprint density at radius 2 is 2.11 bits per heavy atom. The van der Waals surface area contributed by atoms with E-state index in [0.29, 0.717) is 56.4 Å². The standard InChI is InChI=1S/C25H26ClF2N7OS/c1-13-11-34(12-19(36-13)17-10-30-33-20(17)14-3-4-14)24-31-21(16-6-5-15(26)9-18(16)28)22-23(32-24)35(8-7-27)25(29-2)37-22/h5-6,9-10,13-14,19H,3-4,7-8,11-12H2,1-2H3,(H,30,33)/b29-25+/t13-,19-/m1/s1. The molecule has 0 unspecified atom stereocenters. The molecule has 2 fully saturated rings. The quantitative estimate of drug-likeness (QED) is 0.368. The molecule has 194 valence electrons. The van der Waals surface area contributed by atoms with E-state index in [2.05, 4.69) is 20.1 Å². The minimum atomic E-state index is -0.579. The lowest BCUT2D eigenvalue weighted by molar-refractivity contribution is -0.0182. The summed E-state index contributed by atoms with van der Waals surface area (Å²) in [6.45, 7) is 2.59. The smallest absolute Gasteiger partial charge is 0.228 e. The number of aromatic amines is 1. The van der Waals surface area contributed by atoms with E-state index < -0.39 is 12.5 Å². The Balaban J connectivity index is 1.49. The Morgan fingerprint density at radius 3 is 2.84 bits per heavy atom. The third kappa shape index (κ3) is 4.53. The predicted molar refractivity (Wildman–Crippen MR) is 139 cm³/mol. The molecule has 1 aliphatic heterocycles. The summed E-state index contributed by atoms with van der Waals surface area (Å²) in [5.41, 5.74) is 3.37. The van der Waals surface area contributed by atoms with Crippen LogP contribution >= 0.6 is 22.9 Å². The highest BCUT2D eigenvalue weighted by molar-refractivity contribution is 7.16. The summed E-state index contributed by atoms with van der Waals surface area (Å²) in [5.74, 6) is 0.422. The molecule has 12 heteroatoms. The fraction of sp³-hybridized carbons (Fsp3) is 0.440. The molecule has 0 bridgehead atoms. The first-order valence-corrected chi connectivity index (χ1v) is 13.5. The number of rotatable bonds is 6. The lowest BCUT2D eigenvalue weighted by Crippen LogP contribution is -2.44. The molecule has 37 heavy (non-hydrogen) atoms. The van der Waals surface area contributed by atoms with Gasteiger partial charge in [0.05, 0.1) is 30.6 Å². The zero-order chi connectivity index (χ0) is 25.7. The molecule has 2 atom stereocenters. The van der Waals surface area contributed by atoms with Gasteiger partial charge in [0.25, 0.3) is 0 Å². The minimum Gasteiger partial charge on any atom is -0.367 e. The molecule has 1 saturated heterocycles. The molecule has 1 aliphatic carbocycles. The molecule has 6 rings (SSSR count). The number of alkyl halides is 1. The van der Waals surface area contributed by atoms with Gasteiger partial charge in [-0.1, -0.05) is 22.9 Å². The van der Waals surface area contributed by atoms with Crippen molar-refractivity contribution in [3.05, 3.63) is 51.3 Å². The predicted octanol–water partition coefficient (Wildman–Crippen LogP) is 5.02. The van der Waals surface area contributed by atoms with Gasteiger partial charge in [-0.3, -0.25) is 14.7 Å². The van der Waals surface area contributed by atoms with Crippen LogP contribution < -0.4 is 9.70 Å². The van der Waals surface area contributed by atoms with E-state index in [1.54, 1.807) is 23.7 Å². The second kappa shape index (κ2) is 9.77. The summed E-state index contributed by atoms with van der Waals surface area (Å²) in [5, 5.41) is 7.78. The van der Waals surface area contributed by atoms with Crippen molar-refractivity contribution in [3.63, 3.8) is 0 Å². The number of nitrogens with zero attached hydrogens (tertiary/aromatic N) is 6. The SMILES string of the molecule is C/N=c1/sc2c(-c3ccc(Cl)cc3F)nc(N3C[C@@H](C)O[C@@H](c4c[nH]nc4C4CC4)C3)nc2n1CCF. The number of H-pyrrole nitrogens is 1. The van der Waals surface area contributed by atoms with Crippen LogP contribution in [0.3, 0.4) is 0 Å². The Kier molecular flexibility index (Phi) is 6.46. The van der Waals surface area contributed by atoms with Gasteiger partial charge in [0.15, 0.2) is 10.4 Å². The zero-order valence-corrected chi connectivity index (χ0v) is 22.0. The first-order valence-electron chi connectivity index (χ1n) is 12.3. The summed E-state index contributed by atoms with van der Waals surface area (Å²) in [6.07, 6.45) is 3.87. The van der Waals surface area contributed by atoms with Gasteiger partial charge >= 0.3 is 0 Å². The van der Waals surface area contributed by atoms with Crippen molar-refractivity contribution in [2.75, 3.05) is 31.7 Å². The van der Waals surface area contributed by atoms with Gasteiger partial charge < -0.3 is 9.64 Å². The highest BCUT2D eigenvalue weighted by Crippen LogP contribution is 2.43. The largest absolute Gasteiger partial charge is 0.367 e. The van der Waals surface area contributed by atoms with Crippen LogP contribution in [0, 0.1) is 5.82 Å². The minimum absolute atomic E-state index is 0.0908. The number of halogens is 3. The Bertz CT molecular complexity index is 1530. The van der Waals surface area contributed by atoms with Gasteiger partial charge in [0, 0.05) is 41.9 Å². The van der Waals surface area contributed by atoms with E-state index in [1.807, 2.05) is 13.1 Å². The molecule has 0 radical (unpaired) electrons. The van der Waals surface area contributed by atoms with Crippen LogP contribution in [0.2, 0.25) is 5.02 Å². The van der Waals surface area contributed by atoms with Crippen LogP contribution in [0.15, 0.2) is 29.4 Å². The maximum atomic E-state index is 15.1. The highest BCUT2D eigenvalue weighted by Gasteiger charge is 2.35. The van der Waals surface area contributed by atoms with Crippen molar-refractivity contribution < 1.29 is 13.5 Å². The highest BCUT2D eigenvalue weighted by atomic mass is 35.5. The lowest BCUT2D eigenvalue weighted by atomic mass is 10.1. The van der Waals surface area contributed by atoms with Crippen molar-refractivity contribution in [1.82, 2.24) is 24.7 Å². The monoisotopic (exact) mass is 545 g/mol. The lowest BCUT2D eigenvalue weighted by Gasteiger charge is -2.37. The van der Waals surface area contributed by atoms with Crippen molar-refractivity contribution in [2.24, 2.45) is 4.99 Å². The number of aromatic nitrogens is 5. The second-order valence-corrected chi connectivity index (χ2v) is 10.9. The third-order valence-electron chi connectivity index (χ3n) is 6.76. The van der Waals surface area contributed by atoms with Crippen molar-refractivity contribution in [3.8, 4) is 11.3 Å². The number of ether oxygens (including phenoxy) is 1. The second-order valence-electron chi connectivity index (χ2n) is 9.44. The molecule has 8 nitrogen and oxygen atoms in total. The maximum absolute atomic E-state index is 15.1. The van der Waals surface area contributed by atoms with Crippen LogP contribution in [0.4, 0.5) is 14.7 Å². The molecule has 4 heterocycles. The maximum Gasteiger partial charge on any atom is 0.228 e. The zero-order valence-electron chi connectivity index (χ0n) is 20.4. The fourth-order valence-corrected chi connectivity index (χ4v) is 6.16. The third-order valence-corrected chi connectivity index (χ3v) is 8.16. The number of anilines is 1. The van der Waals surface area contributed by atoms with E-state index in [0.717, 1.165) is 24.1 Å². The summed E-state index contributed by atoms with van der Waals surface area (Å²) >= 11 is 7.34. The van der Waals surface area contributed by atoms with Crippen molar-refractivity contribution >= 4 is 39.2 Å². The molecule has 3 aromatic heterocycles. The van der Waals surface area contributed by atoms with E-state index in [9.17, 15) is 4.39 Å². The molecule has 1 N–H and O–H groups in total. The van der Waals surface area contributed by atoms with E-state index in [1.165, 1.54) is 17.4 Å². The van der Waals surface area contributed by atoms with Gasteiger partial charge in [-0.15, -0.1) is 0 Å². The first kappa shape index (κ1) is 24.4. The average Bonchev–Trinajstić information content (AvgIpc) is 3.49. The van der Waals surface area contributed by atoms with Gasteiger partial charge in [-0.2, -0.15) is 10.1 Å². The fourth-order valence-electron chi connectivity index (χ4n) is 4.94. The molecule has 0 spiro atoms. The molecule has 0 amide bonds. The number of nitrogens with one attached hydrogen (secondary N) is 1. The normalized spacial score (nSPS) is 20.8. The van der Waals surface area contributed by atoms with E-state index in [4.69, 9.17) is 26.3 Å². The Hall–Kier alpha value is -2.89. The molecule has 1 saturated carbocycles. The average molecular weight is 546 g/mol. The molecular weight excluding hydrogens is 520 g/mol. The number of hydrogen-bond donors (Lipinski definition) is 1. The van der Waals surface area contributed by atoms with Crippen LogP contribution in [0.1, 0.15) is 43.0 Å². The van der Waals surface area contributed by atoms with Gasteiger partial charge in [-0.05, 0) is 38.0 Å². The van der Waals surface area contributed by atoms with Crippen molar-refractivity contribution in [1.29, 1.82) is 0 Å². The first-order chi connectivity index (χ1) is 18.0. The van der Waals surface area contributed by atoms with Crippen molar-refractivity contribution in [2.45, 2.75) is 44.4 Å². The van der Waals surface area contributed by atoms with Gasteiger partial charge in [-0.25, -0.2) is 13.8 Å². The van der Waals surface area contributed by atoms with Crippen LogP contribution in [-0.4, -0.2) is 57.6 Å². The van der Waals surface area contributed by atoms with E-state index >= 15 is 4.39 Å². The van der Waals surface area contributed by atoms with Gasteiger partial charge in [0.1, 0.15) is 23.3 Å². The summed E-state index contributed by atoms with van der Waals surface area (Å²) in [4.78, 5) is 16.7. The summed E-state index contributed by atoms with van der Waals surface area (Å²) in [7, 11) is 1.65. The number of fused-ring (bicyclic) bond motifs is 1. The molecule has 2 aliphatic rings. The number of thiazole rings is 1. The van der Waals surface area contributed by atoms with E-state index in [-0.39, 0.29) is 18.8 Å². The molecule has 4 aromatic rings. The summed E-state index contributed by atoms with van der Waals surface area (Å²) < 4.78 is 37.4. The Morgan fingerprint density at radius 1 is 1.27 bits per heavy atom. The molecular formula is C25H26ClF2N7OS. The van der Waals surface area contributed by atoms with Gasteiger partial charge in [0.2, 0.25) is 5.95 Å². The number of benzene rings is 1. The Labute approximate surface area is 221 Å². The molecule has 1 aromatic carbocycles. The van der Waals surface area contributed by atoms with Crippen LogP contribution in [0.5, 0.6) is 0 Å².